The molecule has 0 radical (unpaired) electrons. The Morgan fingerprint density at radius 2 is 1.75 bits per heavy atom. The van der Waals surface area contributed by atoms with Gasteiger partial charge in [-0.05, 0) is 18.6 Å². The van der Waals surface area contributed by atoms with Gasteiger partial charge in [-0.25, -0.2) is 14.6 Å². The zero-order chi connectivity index (χ0) is 22.9. The second kappa shape index (κ2) is 8.55. The molecule has 4 rings (SSSR count). The third-order valence-electron chi connectivity index (χ3n) is 4.93. The first-order chi connectivity index (χ1) is 15.2. The SMILES string of the molecule is Cc1nn(Cc2ccccc2)c(Cl)c1C(=O)Nc1cc(C(C)(C)C)nn1-c1ncccn1. The summed E-state index contributed by atoms with van der Waals surface area (Å²) in [6, 6.07) is 13.4. The highest BCUT2D eigenvalue weighted by Crippen LogP contribution is 2.27. The second-order valence-electron chi connectivity index (χ2n) is 8.47. The predicted molar refractivity (Wildman–Crippen MR) is 123 cm³/mol. The summed E-state index contributed by atoms with van der Waals surface area (Å²) < 4.78 is 3.15. The second-order valence-corrected chi connectivity index (χ2v) is 8.83. The lowest BCUT2D eigenvalue weighted by atomic mass is 9.92. The van der Waals surface area contributed by atoms with Gasteiger partial charge < -0.3 is 5.32 Å². The molecule has 0 atom stereocenters. The van der Waals surface area contributed by atoms with Crippen LogP contribution in [-0.4, -0.2) is 35.4 Å². The van der Waals surface area contributed by atoms with Gasteiger partial charge in [-0.15, -0.1) is 0 Å². The maximum absolute atomic E-state index is 13.2. The number of carbonyl (C=O) groups excluding carboxylic acids is 1. The van der Waals surface area contributed by atoms with Gasteiger partial charge in [-0.1, -0.05) is 62.7 Å². The number of hydrogen-bond acceptors (Lipinski definition) is 5. The molecular weight excluding hydrogens is 426 g/mol. The Bertz CT molecular complexity index is 1240. The molecule has 1 aromatic carbocycles. The number of hydrogen-bond donors (Lipinski definition) is 1. The van der Waals surface area contributed by atoms with Gasteiger partial charge in [0.2, 0.25) is 0 Å². The van der Waals surface area contributed by atoms with E-state index in [1.165, 1.54) is 4.68 Å². The number of halogens is 1. The molecule has 32 heavy (non-hydrogen) atoms. The van der Waals surface area contributed by atoms with Crippen molar-refractivity contribution in [1.29, 1.82) is 0 Å². The summed E-state index contributed by atoms with van der Waals surface area (Å²) in [5, 5.41) is 12.3. The summed E-state index contributed by atoms with van der Waals surface area (Å²) in [6.45, 7) is 8.38. The molecule has 0 aliphatic heterocycles. The molecule has 0 saturated heterocycles. The van der Waals surface area contributed by atoms with Crippen LogP contribution >= 0.6 is 11.6 Å². The maximum Gasteiger partial charge on any atom is 0.261 e. The minimum Gasteiger partial charge on any atom is -0.306 e. The molecule has 0 saturated carbocycles. The van der Waals surface area contributed by atoms with Gasteiger partial charge in [0.1, 0.15) is 11.0 Å². The fourth-order valence-electron chi connectivity index (χ4n) is 3.24. The van der Waals surface area contributed by atoms with Crippen LogP contribution in [0.1, 0.15) is 48.1 Å². The van der Waals surface area contributed by atoms with E-state index in [2.05, 4.69) is 25.5 Å². The third-order valence-corrected chi connectivity index (χ3v) is 5.31. The Morgan fingerprint density at radius 3 is 2.41 bits per heavy atom. The van der Waals surface area contributed by atoms with Crippen LogP contribution in [0.25, 0.3) is 5.95 Å². The summed E-state index contributed by atoms with van der Waals surface area (Å²) in [5.41, 5.74) is 2.47. The number of anilines is 1. The predicted octanol–water partition coefficient (Wildman–Crippen LogP) is 4.42. The normalized spacial score (nSPS) is 11.5. The van der Waals surface area contributed by atoms with Crippen molar-refractivity contribution < 1.29 is 4.79 Å². The molecule has 0 unspecified atom stereocenters. The van der Waals surface area contributed by atoms with E-state index in [9.17, 15) is 4.79 Å². The summed E-state index contributed by atoms with van der Waals surface area (Å²) >= 11 is 6.57. The van der Waals surface area contributed by atoms with Crippen molar-refractivity contribution in [2.75, 3.05) is 5.32 Å². The van der Waals surface area contributed by atoms with Crippen molar-refractivity contribution in [2.45, 2.75) is 39.7 Å². The van der Waals surface area contributed by atoms with Crippen molar-refractivity contribution in [3.05, 3.63) is 82.5 Å². The lowest BCUT2D eigenvalue weighted by Gasteiger charge is -2.13. The van der Waals surface area contributed by atoms with Crippen LogP contribution in [0.4, 0.5) is 5.82 Å². The molecule has 1 N–H and O–H groups in total. The Kier molecular flexibility index (Phi) is 5.80. The number of carbonyl (C=O) groups is 1. The number of nitrogens with one attached hydrogen (secondary N) is 1. The molecule has 164 valence electrons. The standard InChI is InChI=1S/C23H24ClN7O/c1-15-19(20(24)30(28-15)14-16-9-6-5-7-10-16)21(32)27-18-13-17(23(2,3)4)29-31(18)22-25-11-8-12-26-22/h5-13H,14H2,1-4H3,(H,27,32). The van der Waals surface area contributed by atoms with Crippen molar-refractivity contribution >= 4 is 23.3 Å². The van der Waals surface area contributed by atoms with Gasteiger partial charge in [0.15, 0.2) is 0 Å². The number of amides is 1. The van der Waals surface area contributed by atoms with Gasteiger partial charge in [0.25, 0.3) is 11.9 Å². The Labute approximate surface area is 191 Å². The summed E-state index contributed by atoms with van der Waals surface area (Å²) in [7, 11) is 0. The highest BCUT2D eigenvalue weighted by molar-refractivity contribution is 6.33. The molecule has 8 nitrogen and oxygen atoms in total. The van der Waals surface area contributed by atoms with E-state index in [4.69, 9.17) is 11.6 Å². The molecule has 0 aliphatic rings. The van der Waals surface area contributed by atoms with Gasteiger partial charge in [0.05, 0.1) is 23.5 Å². The van der Waals surface area contributed by atoms with E-state index >= 15 is 0 Å². The van der Waals surface area contributed by atoms with Crippen LogP contribution in [0.5, 0.6) is 0 Å². The Balaban J connectivity index is 1.67. The molecule has 3 aromatic heterocycles. The number of nitrogens with zero attached hydrogens (tertiary/aromatic N) is 6. The van der Waals surface area contributed by atoms with Crippen LogP contribution in [0.2, 0.25) is 5.15 Å². The van der Waals surface area contributed by atoms with E-state index in [1.807, 2.05) is 57.2 Å². The summed E-state index contributed by atoms with van der Waals surface area (Å²) in [4.78, 5) is 21.8. The molecule has 3 heterocycles. The average molecular weight is 450 g/mol. The average Bonchev–Trinajstić information content (AvgIpc) is 3.30. The minimum absolute atomic E-state index is 0.229. The fraction of sp³-hybridized carbons (Fsp3) is 0.261. The molecule has 0 bridgehead atoms. The van der Waals surface area contributed by atoms with Crippen molar-refractivity contribution in [3.8, 4) is 5.95 Å². The monoisotopic (exact) mass is 449 g/mol. The van der Waals surface area contributed by atoms with Crippen LogP contribution in [-0.2, 0) is 12.0 Å². The van der Waals surface area contributed by atoms with E-state index in [1.54, 1.807) is 30.1 Å². The lowest BCUT2D eigenvalue weighted by molar-refractivity contribution is 0.102. The van der Waals surface area contributed by atoms with Crippen LogP contribution in [0.15, 0.2) is 54.9 Å². The Hall–Kier alpha value is -3.52. The summed E-state index contributed by atoms with van der Waals surface area (Å²) in [5.74, 6) is 0.447. The highest BCUT2D eigenvalue weighted by atomic mass is 35.5. The number of benzene rings is 1. The molecule has 0 aliphatic carbocycles. The zero-order valence-corrected chi connectivity index (χ0v) is 19.1. The van der Waals surface area contributed by atoms with E-state index < -0.39 is 0 Å². The van der Waals surface area contributed by atoms with Crippen molar-refractivity contribution in [3.63, 3.8) is 0 Å². The minimum atomic E-state index is -0.371. The number of aromatic nitrogens is 6. The first-order valence-corrected chi connectivity index (χ1v) is 10.6. The first-order valence-electron chi connectivity index (χ1n) is 10.2. The number of aryl methyl sites for hydroxylation is 1. The van der Waals surface area contributed by atoms with E-state index in [0.29, 0.717) is 29.6 Å². The molecule has 0 fully saturated rings. The quantitative estimate of drug-likeness (QED) is 0.487. The van der Waals surface area contributed by atoms with Crippen LogP contribution < -0.4 is 5.32 Å². The van der Waals surface area contributed by atoms with Crippen LogP contribution in [0.3, 0.4) is 0 Å². The highest BCUT2D eigenvalue weighted by Gasteiger charge is 2.25. The van der Waals surface area contributed by atoms with Gasteiger partial charge in [-0.2, -0.15) is 14.9 Å². The smallest absolute Gasteiger partial charge is 0.261 e. The van der Waals surface area contributed by atoms with Gasteiger partial charge in [-0.3, -0.25) is 4.79 Å². The lowest BCUT2D eigenvalue weighted by Crippen LogP contribution is -2.17. The zero-order valence-electron chi connectivity index (χ0n) is 18.4. The summed E-state index contributed by atoms with van der Waals surface area (Å²) in [6.07, 6.45) is 3.25. The topological polar surface area (TPSA) is 90.5 Å². The van der Waals surface area contributed by atoms with Crippen molar-refractivity contribution in [1.82, 2.24) is 29.5 Å². The van der Waals surface area contributed by atoms with Gasteiger partial charge in [0, 0.05) is 23.9 Å². The molecular formula is C23H24ClN7O. The largest absolute Gasteiger partial charge is 0.306 e. The van der Waals surface area contributed by atoms with E-state index in [-0.39, 0.29) is 16.5 Å². The fourth-order valence-corrected chi connectivity index (χ4v) is 3.56. The Morgan fingerprint density at radius 1 is 1.06 bits per heavy atom. The molecule has 4 aromatic rings. The molecule has 0 spiro atoms. The molecule has 1 amide bonds. The maximum atomic E-state index is 13.2. The van der Waals surface area contributed by atoms with Crippen molar-refractivity contribution in [2.24, 2.45) is 0 Å². The molecule has 9 heteroatoms. The first kappa shape index (κ1) is 21.7. The number of rotatable bonds is 5. The van der Waals surface area contributed by atoms with Gasteiger partial charge >= 0.3 is 0 Å². The van der Waals surface area contributed by atoms with Crippen LogP contribution in [0, 0.1) is 6.92 Å². The third kappa shape index (κ3) is 4.40. The van der Waals surface area contributed by atoms with E-state index in [0.717, 1.165) is 11.3 Å².